The van der Waals surface area contributed by atoms with Crippen LogP contribution in [0.15, 0.2) is 72.9 Å². The zero-order chi connectivity index (χ0) is 19.1. The van der Waals surface area contributed by atoms with Crippen molar-refractivity contribution in [3.8, 4) is 0 Å². The highest BCUT2D eigenvalue weighted by molar-refractivity contribution is 5.94. The molecule has 4 heteroatoms. The van der Waals surface area contributed by atoms with Crippen LogP contribution < -0.4 is 5.32 Å². The summed E-state index contributed by atoms with van der Waals surface area (Å²) in [5.41, 5.74) is 4.17. The third kappa shape index (κ3) is 5.17. The smallest absolute Gasteiger partial charge is 0.255 e. The van der Waals surface area contributed by atoms with Crippen LogP contribution in [0.1, 0.15) is 34.0 Å². The molecule has 0 atom stereocenters. The molecule has 138 valence electrons. The van der Waals surface area contributed by atoms with Gasteiger partial charge in [0.2, 0.25) is 0 Å². The van der Waals surface area contributed by atoms with Crippen LogP contribution in [0.4, 0.5) is 5.82 Å². The number of hydrogen-bond donors (Lipinski definition) is 1. The minimum atomic E-state index is -0.000984. The first-order valence-corrected chi connectivity index (χ1v) is 9.24. The van der Waals surface area contributed by atoms with E-state index >= 15 is 0 Å². The quantitative estimate of drug-likeness (QED) is 0.667. The van der Waals surface area contributed by atoms with E-state index in [0.717, 1.165) is 11.4 Å². The van der Waals surface area contributed by atoms with Crippen LogP contribution in [0.25, 0.3) is 0 Å². The Balaban J connectivity index is 1.61. The van der Waals surface area contributed by atoms with Crippen molar-refractivity contribution >= 4 is 11.7 Å². The van der Waals surface area contributed by atoms with Gasteiger partial charge in [-0.25, -0.2) is 4.98 Å². The zero-order valence-electron chi connectivity index (χ0n) is 15.9. The molecule has 1 N–H and O–H groups in total. The summed E-state index contributed by atoms with van der Waals surface area (Å²) in [7, 11) is 0. The molecular formula is C23H25N3O. The van der Waals surface area contributed by atoms with Crippen LogP contribution in [0, 0.1) is 6.92 Å². The molecular weight excluding hydrogens is 334 g/mol. The predicted octanol–water partition coefficient (Wildman–Crippen LogP) is 4.66. The molecule has 2 aromatic carbocycles. The molecule has 0 aliphatic carbocycles. The van der Waals surface area contributed by atoms with Crippen molar-refractivity contribution in [1.29, 1.82) is 0 Å². The summed E-state index contributed by atoms with van der Waals surface area (Å²) >= 11 is 0. The van der Waals surface area contributed by atoms with Gasteiger partial charge >= 0.3 is 0 Å². The standard InChI is InChI=1S/C23H25N3O/c1-3-26(17-20-7-5-4-6-8-20)23(27)21-13-14-22(25-16-21)24-15-19-11-9-18(2)10-12-19/h4-14,16H,3,15,17H2,1-2H3,(H,24,25). The monoisotopic (exact) mass is 359 g/mol. The third-order valence-electron chi connectivity index (χ3n) is 4.49. The zero-order valence-corrected chi connectivity index (χ0v) is 15.9. The fraction of sp³-hybridized carbons (Fsp3) is 0.217. The Bertz CT molecular complexity index is 858. The van der Waals surface area contributed by atoms with Crippen molar-refractivity contribution in [2.45, 2.75) is 26.9 Å². The Labute approximate surface area is 160 Å². The molecule has 0 radical (unpaired) electrons. The van der Waals surface area contributed by atoms with Crippen molar-refractivity contribution in [2.75, 3.05) is 11.9 Å². The molecule has 27 heavy (non-hydrogen) atoms. The Morgan fingerprint density at radius 3 is 2.33 bits per heavy atom. The minimum absolute atomic E-state index is 0.000984. The maximum atomic E-state index is 12.8. The van der Waals surface area contributed by atoms with Crippen LogP contribution in [0.2, 0.25) is 0 Å². The molecule has 1 amide bonds. The minimum Gasteiger partial charge on any atom is -0.366 e. The molecule has 3 aromatic rings. The molecule has 0 unspecified atom stereocenters. The third-order valence-corrected chi connectivity index (χ3v) is 4.49. The van der Waals surface area contributed by atoms with Gasteiger partial charge in [0, 0.05) is 25.8 Å². The highest BCUT2D eigenvalue weighted by Crippen LogP contribution is 2.12. The highest BCUT2D eigenvalue weighted by atomic mass is 16.2. The van der Waals surface area contributed by atoms with Crippen molar-refractivity contribution in [1.82, 2.24) is 9.88 Å². The number of carbonyl (C=O) groups excluding carboxylic acids is 1. The van der Waals surface area contributed by atoms with E-state index < -0.39 is 0 Å². The van der Waals surface area contributed by atoms with Crippen LogP contribution in [-0.2, 0) is 13.1 Å². The van der Waals surface area contributed by atoms with Crippen LogP contribution >= 0.6 is 0 Å². The molecule has 0 saturated carbocycles. The number of hydrogen-bond acceptors (Lipinski definition) is 3. The van der Waals surface area contributed by atoms with E-state index in [-0.39, 0.29) is 5.91 Å². The van der Waals surface area contributed by atoms with Gasteiger partial charge in [-0.05, 0) is 37.1 Å². The van der Waals surface area contributed by atoms with E-state index in [2.05, 4.69) is 41.5 Å². The molecule has 1 aromatic heterocycles. The largest absolute Gasteiger partial charge is 0.366 e. The topological polar surface area (TPSA) is 45.2 Å². The number of benzene rings is 2. The lowest BCUT2D eigenvalue weighted by atomic mass is 10.1. The number of nitrogens with zero attached hydrogens (tertiary/aromatic N) is 2. The van der Waals surface area contributed by atoms with Crippen LogP contribution in [0.3, 0.4) is 0 Å². The number of carbonyl (C=O) groups is 1. The maximum absolute atomic E-state index is 12.8. The van der Waals surface area contributed by atoms with Crippen molar-refractivity contribution in [3.05, 3.63) is 95.2 Å². The van der Waals surface area contributed by atoms with E-state index in [0.29, 0.717) is 25.2 Å². The average Bonchev–Trinajstić information content (AvgIpc) is 2.72. The first-order chi connectivity index (χ1) is 13.2. The molecule has 0 saturated heterocycles. The number of rotatable bonds is 7. The summed E-state index contributed by atoms with van der Waals surface area (Å²) in [6.07, 6.45) is 1.65. The van der Waals surface area contributed by atoms with E-state index in [1.807, 2.05) is 54.3 Å². The second-order valence-corrected chi connectivity index (χ2v) is 6.58. The molecule has 1 heterocycles. The first-order valence-electron chi connectivity index (χ1n) is 9.24. The van der Waals surface area contributed by atoms with E-state index in [1.54, 1.807) is 6.20 Å². The number of nitrogens with one attached hydrogen (secondary N) is 1. The first kappa shape index (κ1) is 18.6. The summed E-state index contributed by atoms with van der Waals surface area (Å²) in [6.45, 7) is 6.03. The summed E-state index contributed by atoms with van der Waals surface area (Å²) in [5.74, 6) is 0.761. The lowest BCUT2D eigenvalue weighted by Gasteiger charge is -2.21. The number of amides is 1. The fourth-order valence-electron chi connectivity index (χ4n) is 2.84. The van der Waals surface area contributed by atoms with Gasteiger partial charge in [-0.2, -0.15) is 0 Å². The molecule has 0 fully saturated rings. The number of aromatic nitrogens is 1. The van der Waals surface area contributed by atoms with Gasteiger partial charge in [0.15, 0.2) is 0 Å². The van der Waals surface area contributed by atoms with Gasteiger partial charge in [-0.1, -0.05) is 60.2 Å². The molecule has 3 rings (SSSR count). The molecule has 0 bridgehead atoms. The van der Waals surface area contributed by atoms with Gasteiger partial charge in [-0.3, -0.25) is 4.79 Å². The summed E-state index contributed by atoms with van der Waals surface area (Å²) in [4.78, 5) is 19.0. The Hall–Kier alpha value is -3.14. The number of pyridine rings is 1. The molecule has 0 aliphatic rings. The van der Waals surface area contributed by atoms with Crippen LogP contribution in [0.5, 0.6) is 0 Å². The Kier molecular flexibility index (Phi) is 6.21. The van der Waals surface area contributed by atoms with Crippen molar-refractivity contribution < 1.29 is 4.79 Å². The van der Waals surface area contributed by atoms with Gasteiger partial charge < -0.3 is 10.2 Å². The highest BCUT2D eigenvalue weighted by Gasteiger charge is 2.15. The van der Waals surface area contributed by atoms with E-state index in [9.17, 15) is 4.79 Å². The van der Waals surface area contributed by atoms with E-state index in [1.165, 1.54) is 11.1 Å². The number of aryl methyl sites for hydroxylation is 1. The average molecular weight is 359 g/mol. The predicted molar refractivity (Wildman–Crippen MR) is 110 cm³/mol. The van der Waals surface area contributed by atoms with Crippen molar-refractivity contribution in [2.24, 2.45) is 0 Å². The van der Waals surface area contributed by atoms with Crippen molar-refractivity contribution in [3.63, 3.8) is 0 Å². The summed E-state index contributed by atoms with van der Waals surface area (Å²) in [6, 6.07) is 22.1. The van der Waals surface area contributed by atoms with Gasteiger partial charge in [0.05, 0.1) is 5.56 Å². The molecule has 4 nitrogen and oxygen atoms in total. The summed E-state index contributed by atoms with van der Waals surface area (Å²) < 4.78 is 0. The van der Waals surface area contributed by atoms with Gasteiger partial charge in [-0.15, -0.1) is 0 Å². The molecule has 0 spiro atoms. The van der Waals surface area contributed by atoms with Gasteiger partial charge in [0.25, 0.3) is 5.91 Å². The maximum Gasteiger partial charge on any atom is 0.255 e. The number of anilines is 1. The summed E-state index contributed by atoms with van der Waals surface area (Å²) in [5, 5.41) is 3.29. The lowest BCUT2D eigenvalue weighted by molar-refractivity contribution is 0.0752. The lowest BCUT2D eigenvalue weighted by Crippen LogP contribution is -2.30. The fourth-order valence-corrected chi connectivity index (χ4v) is 2.84. The second-order valence-electron chi connectivity index (χ2n) is 6.58. The van der Waals surface area contributed by atoms with Crippen LogP contribution in [-0.4, -0.2) is 22.3 Å². The van der Waals surface area contributed by atoms with Gasteiger partial charge in [0.1, 0.15) is 5.82 Å². The van der Waals surface area contributed by atoms with E-state index in [4.69, 9.17) is 0 Å². The Morgan fingerprint density at radius 2 is 1.70 bits per heavy atom. The SMILES string of the molecule is CCN(Cc1ccccc1)C(=O)c1ccc(NCc2ccc(C)cc2)nc1. The Morgan fingerprint density at radius 1 is 0.963 bits per heavy atom. The normalized spacial score (nSPS) is 10.4. The molecule has 0 aliphatic heterocycles. The second kappa shape index (κ2) is 8.99.